The topological polar surface area (TPSA) is 53.6 Å². The number of para-hydroxylation sites is 1. The standard InChI is InChI=1S/C17H27N3O2/c1-3-18-17(21)19-11-14-7-6-10-20(12-14)13-15-8-4-5-9-16(15)22-2/h4-5,8-9,14H,3,6-7,10-13H2,1-2H3,(H2,18,19,21)/t14-/m0/s1. The number of benzene rings is 1. The molecule has 0 aliphatic carbocycles. The van der Waals surface area contributed by atoms with Crippen LogP contribution in [-0.2, 0) is 6.54 Å². The molecule has 0 spiro atoms. The zero-order chi connectivity index (χ0) is 15.8. The number of ether oxygens (including phenoxy) is 1. The summed E-state index contributed by atoms with van der Waals surface area (Å²) in [7, 11) is 1.72. The summed E-state index contributed by atoms with van der Waals surface area (Å²) in [4.78, 5) is 13.9. The molecule has 2 amide bonds. The molecule has 22 heavy (non-hydrogen) atoms. The van der Waals surface area contributed by atoms with Gasteiger partial charge in [-0.2, -0.15) is 0 Å². The first kappa shape index (κ1) is 16.6. The first-order valence-electron chi connectivity index (χ1n) is 8.09. The molecule has 0 radical (unpaired) electrons. The van der Waals surface area contributed by atoms with E-state index in [0.717, 1.165) is 31.9 Å². The molecule has 1 heterocycles. The zero-order valence-corrected chi connectivity index (χ0v) is 13.6. The van der Waals surface area contributed by atoms with Crippen LogP contribution in [0.4, 0.5) is 4.79 Å². The third kappa shape index (κ3) is 4.91. The third-order valence-corrected chi connectivity index (χ3v) is 4.08. The Balaban J connectivity index is 1.84. The largest absolute Gasteiger partial charge is 0.496 e. The summed E-state index contributed by atoms with van der Waals surface area (Å²) >= 11 is 0. The van der Waals surface area contributed by atoms with Gasteiger partial charge in [-0.1, -0.05) is 18.2 Å². The highest BCUT2D eigenvalue weighted by atomic mass is 16.5. The van der Waals surface area contributed by atoms with E-state index in [1.807, 2.05) is 19.1 Å². The van der Waals surface area contributed by atoms with Gasteiger partial charge in [0.1, 0.15) is 5.75 Å². The SMILES string of the molecule is CCNC(=O)NC[C@@H]1CCCN(Cc2ccccc2OC)C1. The molecule has 5 heteroatoms. The predicted molar refractivity (Wildman–Crippen MR) is 88.1 cm³/mol. The minimum absolute atomic E-state index is 0.0654. The average molecular weight is 305 g/mol. The molecule has 0 bridgehead atoms. The van der Waals surface area contributed by atoms with Crippen LogP contribution in [-0.4, -0.2) is 44.2 Å². The van der Waals surface area contributed by atoms with Crippen molar-refractivity contribution in [2.45, 2.75) is 26.3 Å². The van der Waals surface area contributed by atoms with Crippen LogP contribution in [0.3, 0.4) is 0 Å². The van der Waals surface area contributed by atoms with Gasteiger partial charge in [0, 0.05) is 31.7 Å². The van der Waals surface area contributed by atoms with Crippen LogP contribution in [0.2, 0.25) is 0 Å². The van der Waals surface area contributed by atoms with E-state index in [9.17, 15) is 4.79 Å². The predicted octanol–water partition coefficient (Wildman–Crippen LogP) is 2.23. The lowest BCUT2D eigenvalue weighted by molar-refractivity contribution is 0.164. The second kappa shape index (κ2) is 8.63. The highest BCUT2D eigenvalue weighted by Gasteiger charge is 2.21. The summed E-state index contributed by atoms with van der Waals surface area (Å²) in [6.07, 6.45) is 2.35. The smallest absolute Gasteiger partial charge is 0.314 e. The minimum Gasteiger partial charge on any atom is -0.496 e. The van der Waals surface area contributed by atoms with Crippen LogP contribution in [0.15, 0.2) is 24.3 Å². The van der Waals surface area contributed by atoms with E-state index in [2.05, 4.69) is 27.7 Å². The van der Waals surface area contributed by atoms with Crippen molar-refractivity contribution in [3.05, 3.63) is 29.8 Å². The van der Waals surface area contributed by atoms with Crippen LogP contribution < -0.4 is 15.4 Å². The number of methoxy groups -OCH3 is 1. The van der Waals surface area contributed by atoms with Gasteiger partial charge in [0.2, 0.25) is 0 Å². The van der Waals surface area contributed by atoms with E-state index in [1.165, 1.54) is 18.4 Å². The van der Waals surface area contributed by atoms with Crippen molar-refractivity contribution in [1.82, 2.24) is 15.5 Å². The fourth-order valence-electron chi connectivity index (χ4n) is 3.00. The molecule has 0 unspecified atom stereocenters. The summed E-state index contributed by atoms with van der Waals surface area (Å²) in [6.45, 7) is 6.36. The maximum atomic E-state index is 11.5. The number of nitrogens with one attached hydrogen (secondary N) is 2. The molecule has 1 fully saturated rings. The number of hydrogen-bond acceptors (Lipinski definition) is 3. The van der Waals surface area contributed by atoms with Gasteiger partial charge < -0.3 is 15.4 Å². The van der Waals surface area contributed by atoms with Crippen LogP contribution in [0.5, 0.6) is 5.75 Å². The highest BCUT2D eigenvalue weighted by molar-refractivity contribution is 5.73. The lowest BCUT2D eigenvalue weighted by atomic mass is 9.97. The van der Waals surface area contributed by atoms with E-state index in [-0.39, 0.29) is 6.03 Å². The van der Waals surface area contributed by atoms with E-state index in [4.69, 9.17) is 4.74 Å². The van der Waals surface area contributed by atoms with Crippen LogP contribution in [0.1, 0.15) is 25.3 Å². The molecule has 1 aliphatic heterocycles. The summed E-state index contributed by atoms with van der Waals surface area (Å²) in [5.74, 6) is 1.47. The number of hydrogen-bond donors (Lipinski definition) is 2. The fraction of sp³-hybridized carbons (Fsp3) is 0.588. The van der Waals surface area contributed by atoms with Crippen LogP contribution in [0, 0.1) is 5.92 Å². The Morgan fingerprint density at radius 2 is 2.18 bits per heavy atom. The summed E-state index contributed by atoms with van der Waals surface area (Å²) < 4.78 is 5.43. The molecule has 0 saturated carbocycles. The van der Waals surface area contributed by atoms with Gasteiger partial charge >= 0.3 is 6.03 Å². The number of amides is 2. The molecule has 2 rings (SSSR count). The molecule has 1 aliphatic rings. The number of rotatable bonds is 6. The number of carbonyl (C=O) groups excluding carboxylic acids is 1. The van der Waals surface area contributed by atoms with E-state index >= 15 is 0 Å². The van der Waals surface area contributed by atoms with Gasteiger partial charge in [-0.15, -0.1) is 0 Å². The maximum Gasteiger partial charge on any atom is 0.314 e. The second-order valence-corrected chi connectivity index (χ2v) is 5.80. The summed E-state index contributed by atoms with van der Waals surface area (Å²) in [5, 5.41) is 5.73. The number of urea groups is 1. The lowest BCUT2D eigenvalue weighted by Crippen LogP contribution is -2.43. The monoisotopic (exact) mass is 305 g/mol. The van der Waals surface area contributed by atoms with Crippen molar-refractivity contribution in [3.63, 3.8) is 0 Å². The molecule has 1 atom stereocenters. The normalized spacial score (nSPS) is 18.7. The minimum atomic E-state index is -0.0654. The highest BCUT2D eigenvalue weighted by Crippen LogP contribution is 2.23. The summed E-state index contributed by atoms with van der Waals surface area (Å²) in [6, 6.07) is 8.11. The molecular formula is C17H27N3O2. The van der Waals surface area contributed by atoms with Crippen molar-refractivity contribution >= 4 is 6.03 Å². The van der Waals surface area contributed by atoms with E-state index < -0.39 is 0 Å². The van der Waals surface area contributed by atoms with Gasteiger partial charge in [-0.3, -0.25) is 4.90 Å². The molecule has 1 aromatic carbocycles. The number of piperidine rings is 1. The molecule has 122 valence electrons. The third-order valence-electron chi connectivity index (χ3n) is 4.08. The van der Waals surface area contributed by atoms with Crippen molar-refractivity contribution in [2.24, 2.45) is 5.92 Å². The lowest BCUT2D eigenvalue weighted by Gasteiger charge is -2.33. The second-order valence-electron chi connectivity index (χ2n) is 5.80. The molecule has 1 saturated heterocycles. The number of likely N-dealkylation sites (tertiary alicyclic amines) is 1. The van der Waals surface area contributed by atoms with E-state index in [1.54, 1.807) is 7.11 Å². The quantitative estimate of drug-likeness (QED) is 0.847. The Kier molecular flexibility index (Phi) is 6.52. The number of carbonyl (C=O) groups is 1. The maximum absolute atomic E-state index is 11.5. The molecule has 5 nitrogen and oxygen atoms in total. The first-order chi connectivity index (χ1) is 10.7. The van der Waals surface area contributed by atoms with Crippen LogP contribution >= 0.6 is 0 Å². The Labute approximate surface area is 133 Å². The molecule has 1 aromatic rings. The molecule has 0 aromatic heterocycles. The molecule has 2 N–H and O–H groups in total. The van der Waals surface area contributed by atoms with Crippen molar-refractivity contribution in [2.75, 3.05) is 33.3 Å². The zero-order valence-electron chi connectivity index (χ0n) is 13.6. The Hall–Kier alpha value is -1.75. The van der Waals surface area contributed by atoms with E-state index in [0.29, 0.717) is 12.5 Å². The van der Waals surface area contributed by atoms with Crippen molar-refractivity contribution in [1.29, 1.82) is 0 Å². The average Bonchev–Trinajstić information content (AvgIpc) is 2.54. The van der Waals surface area contributed by atoms with Crippen molar-refractivity contribution in [3.8, 4) is 5.75 Å². The Morgan fingerprint density at radius 3 is 2.95 bits per heavy atom. The Morgan fingerprint density at radius 1 is 1.36 bits per heavy atom. The summed E-state index contributed by atoms with van der Waals surface area (Å²) in [5.41, 5.74) is 1.22. The van der Waals surface area contributed by atoms with Gasteiger partial charge in [-0.25, -0.2) is 4.79 Å². The van der Waals surface area contributed by atoms with Gasteiger partial charge in [0.05, 0.1) is 7.11 Å². The first-order valence-corrected chi connectivity index (χ1v) is 8.09. The van der Waals surface area contributed by atoms with Gasteiger partial charge in [0.15, 0.2) is 0 Å². The fourth-order valence-corrected chi connectivity index (χ4v) is 3.00. The van der Waals surface area contributed by atoms with Crippen LogP contribution in [0.25, 0.3) is 0 Å². The van der Waals surface area contributed by atoms with Crippen molar-refractivity contribution < 1.29 is 9.53 Å². The number of nitrogens with zero attached hydrogens (tertiary/aromatic N) is 1. The van der Waals surface area contributed by atoms with Gasteiger partial charge in [0.25, 0.3) is 0 Å². The molecular weight excluding hydrogens is 278 g/mol. The Bertz CT molecular complexity index is 479. The van der Waals surface area contributed by atoms with Gasteiger partial charge in [-0.05, 0) is 38.3 Å².